The quantitative estimate of drug-likeness (QED) is 0.438. The van der Waals surface area contributed by atoms with Crippen LogP contribution in [0.25, 0.3) is 5.69 Å². The summed E-state index contributed by atoms with van der Waals surface area (Å²) in [5.74, 6) is 1.40. The molecule has 1 aliphatic heterocycles. The van der Waals surface area contributed by atoms with Crippen molar-refractivity contribution in [1.82, 2.24) is 9.55 Å². The smallest absolute Gasteiger partial charge is 0.272 e. The van der Waals surface area contributed by atoms with Gasteiger partial charge in [-0.3, -0.25) is 14.2 Å². The van der Waals surface area contributed by atoms with Gasteiger partial charge in [0.05, 0.1) is 29.1 Å². The van der Waals surface area contributed by atoms with Crippen LogP contribution in [0.4, 0.5) is 5.69 Å². The second kappa shape index (κ2) is 9.16. The Morgan fingerprint density at radius 1 is 1.30 bits per heavy atom. The minimum absolute atomic E-state index is 0.114. The van der Waals surface area contributed by atoms with Crippen LogP contribution >= 0.6 is 35.1 Å². The average Bonchev–Trinajstić information content (AvgIpc) is 3.23. The summed E-state index contributed by atoms with van der Waals surface area (Å²) in [5, 5.41) is 3.91. The molecule has 0 saturated carbocycles. The molecule has 0 spiro atoms. The maximum atomic E-state index is 13.2. The number of anilines is 1. The summed E-state index contributed by atoms with van der Waals surface area (Å²) in [5.41, 5.74) is 2.00. The van der Waals surface area contributed by atoms with Crippen LogP contribution in [0.2, 0.25) is 5.02 Å². The van der Waals surface area contributed by atoms with Crippen LogP contribution in [0.3, 0.4) is 0 Å². The van der Waals surface area contributed by atoms with Gasteiger partial charge < -0.3 is 10.1 Å². The van der Waals surface area contributed by atoms with Crippen molar-refractivity contribution in [3.05, 3.63) is 69.6 Å². The van der Waals surface area contributed by atoms with Crippen LogP contribution in [0.5, 0.6) is 5.75 Å². The minimum Gasteiger partial charge on any atom is -0.497 e. The number of thioether (sulfide) groups is 2. The van der Waals surface area contributed by atoms with Crippen LogP contribution in [0, 0.1) is 0 Å². The van der Waals surface area contributed by atoms with E-state index in [0.717, 1.165) is 17.9 Å². The van der Waals surface area contributed by atoms with Crippen LogP contribution in [0.15, 0.2) is 63.4 Å². The van der Waals surface area contributed by atoms with Gasteiger partial charge in [0.25, 0.3) is 5.56 Å². The number of ether oxygens (including phenoxy) is 1. The number of aromatic nitrogens is 2. The van der Waals surface area contributed by atoms with Gasteiger partial charge in [-0.25, -0.2) is 4.98 Å². The first-order valence-electron chi connectivity index (χ1n) is 9.16. The number of halogens is 1. The molecule has 0 saturated heterocycles. The number of carbonyl (C=O) groups is 1. The number of methoxy groups -OCH3 is 1. The normalized spacial score (nSPS) is 12.5. The number of amides is 1. The third-order valence-electron chi connectivity index (χ3n) is 4.44. The number of aryl methyl sites for hydroxylation is 1. The zero-order valence-corrected chi connectivity index (χ0v) is 18.4. The summed E-state index contributed by atoms with van der Waals surface area (Å²) in [6.07, 6.45) is 0.749. The summed E-state index contributed by atoms with van der Waals surface area (Å²) in [6, 6.07) is 14.2. The third kappa shape index (κ3) is 4.50. The predicted molar refractivity (Wildman–Crippen MR) is 122 cm³/mol. The zero-order chi connectivity index (χ0) is 21.1. The van der Waals surface area contributed by atoms with Crippen molar-refractivity contribution in [2.75, 3.05) is 23.9 Å². The molecule has 0 unspecified atom stereocenters. The number of fused-ring (bicyclic) bond motifs is 1. The summed E-state index contributed by atoms with van der Waals surface area (Å²) < 4.78 is 6.86. The molecule has 1 N–H and O–H groups in total. The summed E-state index contributed by atoms with van der Waals surface area (Å²) in [6.45, 7) is 0. The van der Waals surface area contributed by atoms with Crippen LogP contribution in [0.1, 0.15) is 5.69 Å². The van der Waals surface area contributed by atoms with Crippen molar-refractivity contribution in [1.29, 1.82) is 0 Å². The number of hydrogen-bond donors (Lipinski definition) is 1. The molecule has 4 rings (SSSR count). The minimum atomic E-state index is -0.191. The van der Waals surface area contributed by atoms with Crippen LogP contribution in [-0.2, 0) is 11.2 Å². The maximum absolute atomic E-state index is 13.2. The Labute approximate surface area is 187 Å². The Kier molecular flexibility index (Phi) is 6.36. The van der Waals surface area contributed by atoms with Crippen LogP contribution in [-0.4, -0.2) is 34.1 Å². The zero-order valence-electron chi connectivity index (χ0n) is 16.1. The Balaban J connectivity index is 1.62. The molecule has 2 aromatic carbocycles. The molecule has 1 aromatic heterocycles. The molecule has 0 bridgehead atoms. The number of benzene rings is 2. The van der Waals surface area contributed by atoms with Crippen molar-refractivity contribution in [3.8, 4) is 11.4 Å². The highest BCUT2D eigenvalue weighted by molar-refractivity contribution is 8.00. The second-order valence-electron chi connectivity index (χ2n) is 6.45. The van der Waals surface area contributed by atoms with E-state index in [2.05, 4.69) is 5.32 Å². The molecule has 0 fully saturated rings. The lowest BCUT2D eigenvalue weighted by molar-refractivity contribution is -0.113. The lowest BCUT2D eigenvalue weighted by Gasteiger charge is -2.14. The topological polar surface area (TPSA) is 73.2 Å². The van der Waals surface area contributed by atoms with Crippen molar-refractivity contribution in [2.45, 2.75) is 16.5 Å². The summed E-state index contributed by atoms with van der Waals surface area (Å²) in [4.78, 5) is 31.0. The highest BCUT2D eigenvalue weighted by Gasteiger charge is 2.23. The number of nitrogens with zero attached hydrogens (tertiary/aromatic N) is 2. The number of carbonyl (C=O) groups excluding carboxylic acids is 1. The first-order valence-corrected chi connectivity index (χ1v) is 11.5. The highest BCUT2D eigenvalue weighted by Crippen LogP contribution is 2.30. The van der Waals surface area contributed by atoms with Gasteiger partial charge in [-0.15, -0.1) is 11.8 Å². The van der Waals surface area contributed by atoms with E-state index in [-0.39, 0.29) is 17.2 Å². The first kappa shape index (κ1) is 20.8. The summed E-state index contributed by atoms with van der Waals surface area (Å²) in [7, 11) is 1.58. The van der Waals surface area contributed by atoms with Gasteiger partial charge in [0.1, 0.15) is 5.75 Å². The lowest BCUT2D eigenvalue weighted by atomic mass is 10.3. The van der Waals surface area contributed by atoms with Gasteiger partial charge in [0.15, 0.2) is 5.16 Å². The van der Waals surface area contributed by atoms with Crippen molar-refractivity contribution in [3.63, 3.8) is 0 Å². The van der Waals surface area contributed by atoms with Gasteiger partial charge in [0.2, 0.25) is 5.91 Å². The fourth-order valence-electron chi connectivity index (χ4n) is 3.03. The van der Waals surface area contributed by atoms with E-state index in [1.807, 2.05) is 18.2 Å². The van der Waals surface area contributed by atoms with E-state index in [9.17, 15) is 9.59 Å². The Morgan fingerprint density at radius 3 is 2.87 bits per heavy atom. The maximum Gasteiger partial charge on any atom is 0.272 e. The number of hydrogen-bond acceptors (Lipinski definition) is 6. The summed E-state index contributed by atoms with van der Waals surface area (Å²) >= 11 is 8.63. The Morgan fingerprint density at radius 2 is 2.10 bits per heavy atom. The molecule has 0 atom stereocenters. The lowest BCUT2D eigenvalue weighted by Crippen LogP contribution is -2.24. The van der Waals surface area contributed by atoms with E-state index in [0.29, 0.717) is 32.2 Å². The molecule has 1 aliphatic rings. The molecule has 154 valence electrons. The van der Waals surface area contributed by atoms with Gasteiger partial charge in [-0.2, -0.15) is 0 Å². The van der Waals surface area contributed by atoms with Gasteiger partial charge in [-0.1, -0.05) is 29.4 Å². The monoisotopic (exact) mass is 459 g/mol. The van der Waals surface area contributed by atoms with Gasteiger partial charge in [0, 0.05) is 29.0 Å². The van der Waals surface area contributed by atoms with E-state index >= 15 is 0 Å². The van der Waals surface area contributed by atoms with E-state index in [4.69, 9.17) is 21.3 Å². The molecule has 0 radical (unpaired) electrons. The predicted octanol–water partition coefficient (Wildman–Crippen LogP) is 4.27. The van der Waals surface area contributed by atoms with E-state index < -0.39 is 0 Å². The third-order valence-corrected chi connectivity index (χ3v) is 6.74. The highest BCUT2D eigenvalue weighted by atomic mass is 35.5. The van der Waals surface area contributed by atoms with Crippen LogP contribution < -0.4 is 15.6 Å². The molecule has 30 heavy (non-hydrogen) atoms. The average molecular weight is 460 g/mol. The SMILES string of the molecule is COc1cccc(-n2c(SCC(=O)Nc3ccc(Cl)cc3)nc3c(c2=O)SCC3)c1. The molecule has 9 heteroatoms. The Bertz CT molecular complexity index is 1150. The van der Waals surface area contributed by atoms with E-state index in [1.165, 1.54) is 23.5 Å². The van der Waals surface area contributed by atoms with Gasteiger partial charge in [-0.05, 0) is 36.4 Å². The molecule has 6 nitrogen and oxygen atoms in total. The number of nitrogens with one attached hydrogen (secondary N) is 1. The van der Waals surface area contributed by atoms with E-state index in [1.54, 1.807) is 42.0 Å². The molecule has 3 aromatic rings. The molecule has 0 aliphatic carbocycles. The largest absolute Gasteiger partial charge is 0.497 e. The molecular formula is C21H18ClN3O3S2. The van der Waals surface area contributed by atoms with Crippen molar-refractivity contribution >= 4 is 46.7 Å². The fraction of sp³-hybridized carbons (Fsp3) is 0.190. The Hall–Kier alpha value is -2.42. The first-order chi connectivity index (χ1) is 14.5. The van der Waals surface area contributed by atoms with Crippen molar-refractivity contribution in [2.24, 2.45) is 0 Å². The standard InChI is InChI=1S/C21H18ClN3O3S2/c1-28-16-4-2-3-15(11-16)25-20(27)19-17(9-10-29-19)24-21(25)30-12-18(26)23-14-7-5-13(22)6-8-14/h2-8,11H,9-10,12H2,1H3,(H,23,26). The molecule has 2 heterocycles. The number of rotatable bonds is 6. The molecule has 1 amide bonds. The fourth-order valence-corrected chi connectivity index (χ4v) is 5.01. The second-order valence-corrected chi connectivity index (χ2v) is 8.94. The van der Waals surface area contributed by atoms with Crippen molar-refractivity contribution < 1.29 is 9.53 Å². The molecular weight excluding hydrogens is 442 g/mol. The van der Waals surface area contributed by atoms with Gasteiger partial charge >= 0.3 is 0 Å².